The molecule has 14 heavy (non-hydrogen) atoms. The molecule has 0 aromatic carbocycles. The molecule has 7 heteroatoms. The van der Waals surface area contributed by atoms with Crippen LogP contribution >= 0.6 is 0 Å². The summed E-state index contributed by atoms with van der Waals surface area (Å²) >= 11 is 0. The van der Waals surface area contributed by atoms with E-state index in [4.69, 9.17) is 5.26 Å². The van der Waals surface area contributed by atoms with Crippen LogP contribution in [0.5, 0.6) is 0 Å². The summed E-state index contributed by atoms with van der Waals surface area (Å²) < 4.78 is 4.27. The molecule has 0 saturated heterocycles. The van der Waals surface area contributed by atoms with Crippen LogP contribution in [0.3, 0.4) is 0 Å². The third kappa shape index (κ3) is 4.28. The summed E-state index contributed by atoms with van der Waals surface area (Å²) in [7, 11) is 0. The van der Waals surface area contributed by atoms with E-state index in [1.54, 1.807) is 0 Å². The fourth-order valence-corrected chi connectivity index (χ4v) is 0.516. The largest absolute Gasteiger partial charge is 1.00 e. The van der Waals surface area contributed by atoms with E-state index in [2.05, 4.69) is 10.5 Å². The van der Waals surface area contributed by atoms with Crippen molar-refractivity contribution < 1.29 is 48.7 Å². The molecule has 0 atom stereocenters. The van der Waals surface area contributed by atoms with Crippen molar-refractivity contribution in [3.63, 3.8) is 0 Å². The molecule has 0 heterocycles. The maximum Gasteiger partial charge on any atom is 1.00 e. The number of ether oxygens (including phenoxy) is 1. The number of ketones is 1. The summed E-state index contributed by atoms with van der Waals surface area (Å²) in [6.07, 6.45) is 0. The van der Waals surface area contributed by atoms with Gasteiger partial charge in [-0.05, 0) is 6.92 Å². The first kappa shape index (κ1) is 15.4. The fraction of sp³-hybridized carbons (Fsp3) is 0.286. The second-order valence-electron chi connectivity index (χ2n) is 1.90. The predicted octanol–water partition coefficient (Wildman–Crippen LogP) is -4.29. The van der Waals surface area contributed by atoms with E-state index in [-0.39, 0.29) is 36.2 Å². The summed E-state index contributed by atoms with van der Waals surface area (Å²) in [6, 6.07) is 1.23. The van der Waals surface area contributed by atoms with E-state index >= 15 is 0 Å². The predicted molar refractivity (Wildman–Crippen MR) is 39.7 cm³/mol. The average Bonchev–Trinajstić information content (AvgIpc) is 2.05. The van der Waals surface area contributed by atoms with Crippen molar-refractivity contribution in [1.29, 1.82) is 5.26 Å². The number of carbonyl (C=O) groups excluding carboxylic acids is 3. The van der Waals surface area contributed by atoms with Gasteiger partial charge in [0, 0.05) is 12.0 Å². The van der Waals surface area contributed by atoms with Crippen LogP contribution in [0, 0.1) is 17.2 Å². The Balaban J connectivity index is 0. The standard InChI is InChI=1S/C7H7N2O4.Na/c1-2-13-7(12)5(10)4(3-8)6(9)11;/h2H2,1H3,(H2,9,11);/q-1;+1. The topological polar surface area (TPSA) is 110 Å². The van der Waals surface area contributed by atoms with Crippen LogP contribution < -0.4 is 35.3 Å². The van der Waals surface area contributed by atoms with Crippen LogP contribution in [0.4, 0.5) is 0 Å². The second kappa shape index (κ2) is 7.38. The van der Waals surface area contributed by atoms with Crippen LogP contribution in [0.25, 0.3) is 0 Å². The Morgan fingerprint density at radius 3 is 2.29 bits per heavy atom. The number of nitriles is 1. The Kier molecular flexibility index (Phi) is 8.14. The van der Waals surface area contributed by atoms with E-state index in [1.165, 1.54) is 13.0 Å². The summed E-state index contributed by atoms with van der Waals surface area (Å²) in [4.78, 5) is 32.0. The van der Waals surface area contributed by atoms with Gasteiger partial charge in [0.25, 0.3) is 0 Å². The Morgan fingerprint density at radius 1 is 1.50 bits per heavy atom. The van der Waals surface area contributed by atoms with Gasteiger partial charge in [-0.3, -0.25) is 4.79 Å². The molecule has 0 rings (SSSR count). The van der Waals surface area contributed by atoms with Gasteiger partial charge in [0.1, 0.15) is 5.78 Å². The monoisotopic (exact) mass is 206 g/mol. The molecule has 0 spiro atoms. The number of carbonyl (C=O) groups is 3. The van der Waals surface area contributed by atoms with E-state index in [1.807, 2.05) is 0 Å². The molecule has 1 amide bonds. The van der Waals surface area contributed by atoms with Crippen LogP contribution in [-0.2, 0) is 19.1 Å². The zero-order valence-corrected chi connectivity index (χ0v) is 9.86. The number of hydrogen-bond donors (Lipinski definition) is 1. The Labute approximate surface area is 103 Å². The number of nitrogens with two attached hydrogens (primary N) is 1. The van der Waals surface area contributed by atoms with Gasteiger partial charge in [-0.2, -0.15) is 0 Å². The Morgan fingerprint density at radius 2 is 2.00 bits per heavy atom. The van der Waals surface area contributed by atoms with E-state index in [0.717, 1.165) is 0 Å². The SMILES string of the molecule is CCOC(=O)C(=O)[C-](C#N)C(N)=O.[Na+]. The van der Waals surface area contributed by atoms with Gasteiger partial charge in [-0.25, -0.2) is 5.26 Å². The summed E-state index contributed by atoms with van der Waals surface area (Å²) in [5, 5.41) is 8.27. The summed E-state index contributed by atoms with van der Waals surface area (Å²) in [5.74, 6) is -4.71. The molecule has 0 radical (unpaired) electrons. The van der Waals surface area contributed by atoms with E-state index in [9.17, 15) is 14.4 Å². The first-order valence-electron chi connectivity index (χ1n) is 3.32. The first-order chi connectivity index (χ1) is 6.04. The third-order valence-corrected chi connectivity index (χ3v) is 1.05. The molecular formula is C7H7N2NaO4. The van der Waals surface area contributed by atoms with E-state index < -0.39 is 23.6 Å². The van der Waals surface area contributed by atoms with Gasteiger partial charge < -0.3 is 20.1 Å². The van der Waals surface area contributed by atoms with Crippen LogP contribution in [0.2, 0.25) is 0 Å². The third-order valence-electron chi connectivity index (χ3n) is 1.05. The molecule has 0 aromatic heterocycles. The minimum Gasteiger partial charge on any atom is -0.545 e. The van der Waals surface area contributed by atoms with Crippen LogP contribution in [0.15, 0.2) is 0 Å². The molecular weight excluding hydrogens is 199 g/mol. The quantitative estimate of drug-likeness (QED) is 0.164. The number of esters is 1. The van der Waals surface area contributed by atoms with Crippen molar-refractivity contribution in [2.75, 3.05) is 6.61 Å². The average molecular weight is 206 g/mol. The minimum absolute atomic E-state index is 0. The number of primary amides is 1. The van der Waals surface area contributed by atoms with Gasteiger partial charge in [0.05, 0.1) is 6.61 Å². The van der Waals surface area contributed by atoms with Gasteiger partial charge in [0.2, 0.25) is 5.97 Å². The zero-order valence-electron chi connectivity index (χ0n) is 7.86. The maximum atomic E-state index is 10.9. The van der Waals surface area contributed by atoms with Gasteiger partial charge in [0.15, 0.2) is 5.91 Å². The van der Waals surface area contributed by atoms with Gasteiger partial charge in [-0.15, -0.1) is 0 Å². The number of hydrogen-bond acceptors (Lipinski definition) is 5. The van der Waals surface area contributed by atoms with Crippen molar-refractivity contribution in [3.8, 4) is 6.07 Å². The normalized spacial score (nSPS) is 7.71. The Bertz CT molecular complexity index is 284. The van der Waals surface area contributed by atoms with Crippen molar-refractivity contribution in [1.82, 2.24) is 0 Å². The van der Waals surface area contributed by atoms with Crippen LogP contribution in [0.1, 0.15) is 6.92 Å². The Hall–Kier alpha value is -1.03. The second-order valence-corrected chi connectivity index (χ2v) is 1.90. The number of amides is 1. The molecule has 6 nitrogen and oxygen atoms in total. The molecule has 70 valence electrons. The first-order valence-corrected chi connectivity index (χ1v) is 3.32. The number of Topliss-reactive ketones (excluding diaryl/α,β-unsaturated/α-hetero) is 1. The number of nitrogens with zero attached hydrogens (tertiary/aromatic N) is 1. The summed E-state index contributed by atoms with van der Waals surface area (Å²) in [6.45, 7) is 1.48. The van der Waals surface area contributed by atoms with Gasteiger partial charge in [-0.1, -0.05) is 0 Å². The van der Waals surface area contributed by atoms with Crippen molar-refractivity contribution in [3.05, 3.63) is 5.92 Å². The molecule has 0 aliphatic carbocycles. The van der Waals surface area contributed by atoms with Crippen LogP contribution in [-0.4, -0.2) is 24.3 Å². The van der Waals surface area contributed by atoms with E-state index in [0.29, 0.717) is 0 Å². The molecule has 0 saturated carbocycles. The van der Waals surface area contributed by atoms with Crippen molar-refractivity contribution in [2.24, 2.45) is 5.73 Å². The maximum absolute atomic E-state index is 10.9. The van der Waals surface area contributed by atoms with Gasteiger partial charge >= 0.3 is 29.6 Å². The fourth-order valence-electron chi connectivity index (χ4n) is 0.516. The smallest absolute Gasteiger partial charge is 0.545 e. The summed E-state index contributed by atoms with van der Waals surface area (Å²) in [5.41, 5.74) is 4.66. The molecule has 0 unspecified atom stereocenters. The van der Waals surface area contributed by atoms with Crippen molar-refractivity contribution in [2.45, 2.75) is 6.92 Å². The molecule has 0 aliphatic rings. The molecule has 0 aromatic rings. The van der Waals surface area contributed by atoms with Crippen molar-refractivity contribution >= 4 is 17.7 Å². The minimum atomic E-state index is -1.31. The number of rotatable bonds is 4. The molecule has 0 aliphatic heterocycles. The zero-order chi connectivity index (χ0) is 10.4. The molecule has 0 fully saturated rings. The molecule has 0 bridgehead atoms. The molecule has 2 N–H and O–H groups in total.